The average Bonchev–Trinajstić information content (AvgIpc) is 3.27. The van der Waals surface area contributed by atoms with Gasteiger partial charge in [0, 0.05) is 63.1 Å². The highest BCUT2D eigenvalue weighted by atomic mass is 19.4. The van der Waals surface area contributed by atoms with E-state index in [1.165, 1.54) is 0 Å². The lowest BCUT2D eigenvalue weighted by atomic mass is 10.1. The maximum absolute atomic E-state index is 12.8. The van der Waals surface area contributed by atoms with Gasteiger partial charge in [0.25, 0.3) is 5.56 Å². The van der Waals surface area contributed by atoms with Gasteiger partial charge in [0.1, 0.15) is 5.82 Å². The number of hydrogen-bond acceptors (Lipinski definition) is 7. The molecule has 0 unspecified atom stereocenters. The zero-order valence-electron chi connectivity index (χ0n) is 18.3. The molecule has 0 radical (unpaired) electrons. The van der Waals surface area contributed by atoms with E-state index in [4.69, 9.17) is 0 Å². The van der Waals surface area contributed by atoms with Crippen molar-refractivity contribution >= 4 is 17.7 Å². The first-order valence-corrected chi connectivity index (χ1v) is 11.0. The van der Waals surface area contributed by atoms with E-state index in [1.54, 1.807) is 22.8 Å². The first kappa shape index (κ1) is 23.0. The lowest BCUT2D eigenvalue weighted by molar-refractivity contribution is -0.138. The minimum atomic E-state index is -4.47. The van der Waals surface area contributed by atoms with Crippen LogP contribution < -0.4 is 15.4 Å². The molecule has 2 aliphatic rings. The first-order chi connectivity index (χ1) is 15.7. The van der Waals surface area contributed by atoms with Crippen molar-refractivity contribution in [1.29, 1.82) is 0 Å². The number of aryl methyl sites for hydroxylation is 1. The topological polar surface area (TPSA) is 98.3 Å². The number of nitrogens with zero attached hydrogens (tertiary/aromatic N) is 6. The molecule has 2 aliphatic heterocycles. The molecule has 33 heavy (non-hydrogen) atoms. The molecule has 0 spiro atoms. The van der Waals surface area contributed by atoms with Gasteiger partial charge in [-0.05, 0) is 32.3 Å². The number of piperazine rings is 1. The molecule has 4 heterocycles. The Labute approximate surface area is 188 Å². The van der Waals surface area contributed by atoms with Crippen LogP contribution >= 0.6 is 0 Å². The largest absolute Gasteiger partial charge is 0.419 e. The van der Waals surface area contributed by atoms with E-state index in [9.17, 15) is 22.8 Å². The Kier molecular flexibility index (Phi) is 6.52. The van der Waals surface area contributed by atoms with Crippen LogP contribution in [0.5, 0.6) is 0 Å². The van der Waals surface area contributed by atoms with Crippen molar-refractivity contribution in [2.24, 2.45) is 0 Å². The number of alkyl halides is 3. The molecular formula is C21H26F3N7O2. The molecule has 2 aromatic heterocycles. The van der Waals surface area contributed by atoms with Crippen molar-refractivity contribution in [3.63, 3.8) is 0 Å². The van der Waals surface area contributed by atoms with Crippen molar-refractivity contribution in [3.05, 3.63) is 39.9 Å². The van der Waals surface area contributed by atoms with Gasteiger partial charge in [-0.3, -0.25) is 9.59 Å². The van der Waals surface area contributed by atoms with Crippen LogP contribution in [-0.4, -0.2) is 69.7 Å². The second kappa shape index (κ2) is 9.36. The highest BCUT2D eigenvalue weighted by molar-refractivity contribution is 5.76. The van der Waals surface area contributed by atoms with Gasteiger partial charge >= 0.3 is 6.18 Å². The Bertz CT molecular complexity index is 1030. The number of amides is 1. The lowest BCUT2D eigenvalue weighted by Gasteiger charge is -2.35. The Balaban J connectivity index is 1.28. The molecule has 1 N–H and O–H groups in total. The second-order valence-electron chi connectivity index (χ2n) is 8.40. The molecule has 2 aromatic rings. The minimum absolute atomic E-state index is 0.0560. The smallest absolute Gasteiger partial charge is 0.352 e. The number of anilines is 2. The third kappa shape index (κ3) is 5.25. The molecule has 12 heteroatoms. The Morgan fingerprint density at radius 1 is 1.15 bits per heavy atom. The minimum Gasteiger partial charge on any atom is -0.352 e. The van der Waals surface area contributed by atoms with Gasteiger partial charge in [0.2, 0.25) is 11.9 Å². The standard InChI is InChI=1S/C21H26F3N7O2/c1-14-11-17(27-28-19(14)33)31-6-2-3-16(31)4-5-18(32)29-7-9-30(10-8-29)20-25-12-15(13-26-20)21(22,23)24/h11-13,16H,2-10H2,1H3,(H,28,33)/t16-/m0/s1. The monoisotopic (exact) mass is 465 g/mol. The van der Waals surface area contributed by atoms with E-state index >= 15 is 0 Å². The number of hydrogen-bond donors (Lipinski definition) is 1. The van der Waals surface area contributed by atoms with E-state index in [0.717, 1.165) is 37.6 Å². The molecule has 0 bridgehead atoms. The molecule has 2 fully saturated rings. The van der Waals surface area contributed by atoms with Crippen molar-refractivity contribution in [3.8, 4) is 0 Å². The van der Waals surface area contributed by atoms with Gasteiger partial charge in [0.05, 0.1) is 5.56 Å². The third-order valence-corrected chi connectivity index (χ3v) is 6.22. The number of aromatic nitrogens is 4. The van der Waals surface area contributed by atoms with Gasteiger partial charge in [0.15, 0.2) is 0 Å². The third-order valence-electron chi connectivity index (χ3n) is 6.22. The molecule has 2 saturated heterocycles. The molecule has 0 aromatic carbocycles. The predicted octanol–water partition coefficient (Wildman–Crippen LogP) is 1.98. The fraction of sp³-hybridized carbons (Fsp3) is 0.571. The summed E-state index contributed by atoms with van der Waals surface area (Å²) in [6.45, 7) is 4.45. The van der Waals surface area contributed by atoms with E-state index in [1.807, 2.05) is 0 Å². The number of halogens is 3. The molecular weight excluding hydrogens is 439 g/mol. The number of H-pyrrole nitrogens is 1. The first-order valence-electron chi connectivity index (χ1n) is 11.0. The number of aromatic amines is 1. The van der Waals surface area contributed by atoms with Crippen LogP contribution in [0, 0.1) is 6.92 Å². The van der Waals surface area contributed by atoms with E-state index < -0.39 is 11.7 Å². The fourth-order valence-electron chi connectivity index (χ4n) is 4.31. The zero-order valence-corrected chi connectivity index (χ0v) is 18.3. The van der Waals surface area contributed by atoms with Crippen LogP contribution in [0.25, 0.3) is 0 Å². The van der Waals surface area contributed by atoms with Gasteiger partial charge in [-0.15, -0.1) is 0 Å². The van der Waals surface area contributed by atoms with Crippen molar-refractivity contribution in [2.75, 3.05) is 42.5 Å². The highest BCUT2D eigenvalue weighted by Crippen LogP contribution is 2.29. The summed E-state index contributed by atoms with van der Waals surface area (Å²) in [4.78, 5) is 37.7. The quantitative estimate of drug-likeness (QED) is 0.721. The summed E-state index contributed by atoms with van der Waals surface area (Å²) in [5, 5.41) is 6.67. The van der Waals surface area contributed by atoms with E-state index in [2.05, 4.69) is 25.1 Å². The summed E-state index contributed by atoms with van der Waals surface area (Å²) in [5.74, 6) is 1.02. The predicted molar refractivity (Wildman–Crippen MR) is 115 cm³/mol. The molecule has 1 amide bonds. The fourth-order valence-corrected chi connectivity index (χ4v) is 4.31. The van der Waals surface area contributed by atoms with Gasteiger partial charge in [-0.25, -0.2) is 15.1 Å². The Morgan fingerprint density at radius 3 is 2.48 bits per heavy atom. The van der Waals surface area contributed by atoms with Crippen LogP contribution in [0.1, 0.15) is 36.8 Å². The average molecular weight is 465 g/mol. The maximum atomic E-state index is 12.8. The summed E-state index contributed by atoms with van der Waals surface area (Å²) >= 11 is 0. The number of carbonyl (C=O) groups excluding carboxylic acids is 1. The van der Waals surface area contributed by atoms with Crippen LogP contribution in [0.4, 0.5) is 24.9 Å². The van der Waals surface area contributed by atoms with Crippen LogP contribution in [-0.2, 0) is 11.0 Å². The number of nitrogens with one attached hydrogen (secondary N) is 1. The van der Waals surface area contributed by atoms with Crippen molar-refractivity contribution in [2.45, 2.75) is 44.8 Å². The molecule has 1 atom stereocenters. The Morgan fingerprint density at radius 2 is 1.85 bits per heavy atom. The summed E-state index contributed by atoms with van der Waals surface area (Å²) in [7, 11) is 0. The lowest BCUT2D eigenvalue weighted by Crippen LogP contribution is -2.49. The number of rotatable bonds is 5. The van der Waals surface area contributed by atoms with Crippen molar-refractivity contribution in [1.82, 2.24) is 25.1 Å². The summed E-state index contributed by atoms with van der Waals surface area (Å²) in [6, 6.07) is 1.97. The van der Waals surface area contributed by atoms with Gasteiger partial charge in [-0.1, -0.05) is 0 Å². The maximum Gasteiger partial charge on any atom is 0.419 e. The van der Waals surface area contributed by atoms with Crippen LogP contribution in [0.15, 0.2) is 23.3 Å². The number of carbonyl (C=O) groups is 1. The molecule has 0 saturated carbocycles. The zero-order chi connectivity index (χ0) is 23.6. The second-order valence-corrected chi connectivity index (χ2v) is 8.40. The molecule has 4 rings (SSSR count). The van der Waals surface area contributed by atoms with E-state index in [0.29, 0.717) is 44.6 Å². The van der Waals surface area contributed by atoms with Gasteiger partial charge in [-0.2, -0.15) is 18.3 Å². The summed E-state index contributed by atoms with van der Waals surface area (Å²) < 4.78 is 38.0. The normalized spacial score (nSPS) is 19.3. The van der Waals surface area contributed by atoms with Gasteiger partial charge < -0.3 is 14.7 Å². The van der Waals surface area contributed by atoms with Crippen LogP contribution in [0.3, 0.4) is 0 Å². The summed E-state index contributed by atoms with van der Waals surface area (Å²) in [5.41, 5.74) is -0.477. The molecule has 0 aliphatic carbocycles. The molecule has 178 valence electrons. The van der Waals surface area contributed by atoms with E-state index in [-0.39, 0.29) is 23.5 Å². The summed E-state index contributed by atoms with van der Waals surface area (Å²) in [6.07, 6.45) is 0.168. The Hall–Kier alpha value is -3.18. The highest BCUT2D eigenvalue weighted by Gasteiger charge is 2.32. The SMILES string of the molecule is Cc1cc(N2CCC[C@H]2CCC(=O)N2CCN(c3ncc(C(F)(F)F)cn3)CC2)n[nH]c1=O. The molecule has 9 nitrogen and oxygen atoms in total. The van der Waals surface area contributed by atoms with Crippen LogP contribution in [0.2, 0.25) is 0 Å². The van der Waals surface area contributed by atoms with Crippen molar-refractivity contribution < 1.29 is 18.0 Å².